The Labute approximate surface area is 166 Å². The van der Waals surface area contributed by atoms with Crippen LogP contribution in [0.2, 0.25) is 0 Å². The Hall–Kier alpha value is -2.08. The molecular weight excluding hydrogens is 331 g/mol. The average Bonchev–Trinajstić information content (AvgIpc) is 2.54. The van der Waals surface area contributed by atoms with Gasteiger partial charge in [-0.1, -0.05) is 12.1 Å². The average molecular weight is 347 g/mol. The molecule has 1 heterocycles. The van der Waals surface area contributed by atoms with E-state index < -0.39 is 5.97 Å². The summed E-state index contributed by atoms with van der Waals surface area (Å²) < 4.78 is 11.6. The zero-order valence-electron chi connectivity index (χ0n) is 14.3. The maximum Gasteiger partial charge on any atom is 1.00 e. The minimum atomic E-state index is -1.09. The number of para-hydroxylation sites is 1. The summed E-state index contributed by atoms with van der Waals surface area (Å²) in [6.07, 6.45) is -0.0172. The number of ether oxygens (including phenoxy) is 1. The van der Waals surface area contributed by atoms with Crippen molar-refractivity contribution in [3.8, 4) is 17.1 Å². The van der Waals surface area contributed by atoms with Crippen LogP contribution in [0.25, 0.3) is 22.3 Å². The van der Waals surface area contributed by atoms with Crippen LogP contribution in [-0.4, -0.2) is 17.2 Å². The van der Waals surface area contributed by atoms with Crippen molar-refractivity contribution in [2.45, 2.75) is 20.0 Å². The summed E-state index contributed by atoms with van der Waals surface area (Å²) in [5, 5.41) is 9.28. The third-order valence-corrected chi connectivity index (χ3v) is 3.49. The molecule has 1 N–H and O–H groups in total. The van der Waals surface area contributed by atoms with Gasteiger partial charge in [-0.15, -0.1) is 0 Å². The van der Waals surface area contributed by atoms with E-state index in [0.717, 1.165) is 0 Å². The van der Waals surface area contributed by atoms with Crippen LogP contribution in [0.4, 0.5) is 0 Å². The van der Waals surface area contributed by atoms with Crippen LogP contribution in [0.1, 0.15) is 24.2 Å². The predicted octanol–water partition coefficient (Wildman–Crippen LogP) is 0.949. The molecule has 1 aromatic heterocycles. The largest absolute Gasteiger partial charge is 1.00 e. The number of benzene rings is 2. The van der Waals surface area contributed by atoms with E-state index in [1.165, 1.54) is 24.3 Å². The van der Waals surface area contributed by atoms with Crippen LogP contribution in [0.3, 0.4) is 0 Å². The molecule has 0 aliphatic carbocycles. The summed E-state index contributed by atoms with van der Waals surface area (Å²) >= 11 is 0. The number of carboxylic acids is 1. The number of aromatic carboxylic acids is 1. The molecule has 0 amide bonds. The molecule has 0 aliphatic rings. The minimum absolute atomic E-state index is 0. The van der Waals surface area contributed by atoms with Gasteiger partial charge in [-0.2, -0.15) is 0 Å². The summed E-state index contributed by atoms with van der Waals surface area (Å²) in [6, 6.07) is 12.9. The van der Waals surface area contributed by atoms with Gasteiger partial charge in [-0.25, -0.2) is 4.79 Å². The third-order valence-electron chi connectivity index (χ3n) is 3.49. The Morgan fingerprint density at radius 1 is 1.12 bits per heavy atom. The van der Waals surface area contributed by atoms with Crippen molar-refractivity contribution in [3.05, 3.63) is 64.3 Å². The quantitative estimate of drug-likeness (QED) is 0.711. The van der Waals surface area contributed by atoms with E-state index in [0.29, 0.717) is 22.7 Å². The molecule has 0 unspecified atom stereocenters. The fraction of sp³-hybridized carbons (Fsp3) is 0.158. The number of carbonyl (C=O) groups is 1. The van der Waals surface area contributed by atoms with Gasteiger partial charge in [0.1, 0.15) is 17.1 Å². The molecule has 122 valence electrons. The van der Waals surface area contributed by atoms with Crippen LogP contribution in [0.15, 0.2) is 57.7 Å². The Kier molecular flexibility index (Phi) is 6.06. The molecule has 2 aromatic carbocycles. The van der Waals surface area contributed by atoms with Crippen LogP contribution in [0.5, 0.6) is 5.75 Å². The van der Waals surface area contributed by atoms with E-state index in [2.05, 4.69) is 0 Å². The smallest absolute Gasteiger partial charge is 0.490 e. The van der Waals surface area contributed by atoms with Gasteiger partial charge >= 0.3 is 35.5 Å². The van der Waals surface area contributed by atoms with E-state index >= 15 is 0 Å². The first kappa shape index (κ1) is 19.2. The molecule has 0 bridgehead atoms. The molecule has 3 aromatic rings. The van der Waals surface area contributed by atoms with Gasteiger partial charge in [0.25, 0.3) is 0 Å². The fourth-order valence-electron chi connectivity index (χ4n) is 2.45. The van der Waals surface area contributed by atoms with Crippen molar-refractivity contribution in [1.29, 1.82) is 0 Å². The van der Waals surface area contributed by atoms with Crippen molar-refractivity contribution < 1.29 is 48.6 Å². The van der Waals surface area contributed by atoms with E-state index in [4.69, 9.17) is 14.3 Å². The molecular formula is C19H16NaO5+. The number of rotatable bonds is 4. The van der Waals surface area contributed by atoms with E-state index in [1.54, 1.807) is 0 Å². The van der Waals surface area contributed by atoms with Gasteiger partial charge in [-0.05, 0) is 44.2 Å². The van der Waals surface area contributed by atoms with Crippen molar-refractivity contribution in [2.24, 2.45) is 0 Å². The Morgan fingerprint density at radius 3 is 2.52 bits per heavy atom. The summed E-state index contributed by atoms with van der Waals surface area (Å²) in [5.74, 6) is -0.0833. The molecule has 25 heavy (non-hydrogen) atoms. The molecule has 0 saturated carbocycles. The van der Waals surface area contributed by atoms with Gasteiger partial charge in [0, 0.05) is 6.07 Å². The summed E-state index contributed by atoms with van der Waals surface area (Å²) in [5.41, 5.74) is 0.758. The number of carboxylic acid groups (broad SMARTS) is 1. The first-order valence-electron chi connectivity index (χ1n) is 7.53. The molecule has 0 aliphatic heterocycles. The zero-order chi connectivity index (χ0) is 17.3. The second kappa shape index (κ2) is 7.87. The third kappa shape index (κ3) is 4.12. The zero-order valence-corrected chi connectivity index (χ0v) is 16.3. The standard InChI is InChI=1S/C19H16O5.Na/c1-11(2)23-16-6-4-3-5-13(16)18-10-15(20)14-9-12(19(21)22)7-8-17(14)24-18;/h3-11H,1-2H3,(H,21,22);/q;+1. The molecule has 5 nitrogen and oxygen atoms in total. The second-order valence-corrected chi connectivity index (χ2v) is 5.65. The summed E-state index contributed by atoms with van der Waals surface area (Å²) in [4.78, 5) is 23.4. The van der Waals surface area contributed by atoms with Crippen LogP contribution in [-0.2, 0) is 0 Å². The van der Waals surface area contributed by atoms with Crippen LogP contribution < -0.4 is 39.7 Å². The number of fused-ring (bicyclic) bond motifs is 1. The molecule has 0 spiro atoms. The van der Waals surface area contributed by atoms with Crippen molar-refractivity contribution in [2.75, 3.05) is 0 Å². The van der Waals surface area contributed by atoms with Crippen LogP contribution in [0, 0.1) is 0 Å². The van der Waals surface area contributed by atoms with Gasteiger partial charge in [0.15, 0.2) is 5.43 Å². The van der Waals surface area contributed by atoms with E-state index in [-0.39, 0.29) is 52.0 Å². The molecule has 6 heteroatoms. The van der Waals surface area contributed by atoms with Gasteiger partial charge in [-0.3, -0.25) is 4.79 Å². The Morgan fingerprint density at radius 2 is 1.84 bits per heavy atom. The van der Waals surface area contributed by atoms with Crippen molar-refractivity contribution >= 4 is 16.9 Å². The van der Waals surface area contributed by atoms with Crippen molar-refractivity contribution in [3.63, 3.8) is 0 Å². The molecule has 3 rings (SSSR count). The molecule has 0 saturated heterocycles. The van der Waals surface area contributed by atoms with Gasteiger partial charge in [0.05, 0.1) is 22.6 Å². The maximum atomic E-state index is 12.4. The maximum absolute atomic E-state index is 12.4. The summed E-state index contributed by atoms with van der Waals surface area (Å²) in [7, 11) is 0. The first-order chi connectivity index (χ1) is 11.5. The fourth-order valence-corrected chi connectivity index (χ4v) is 2.45. The molecule has 0 fully saturated rings. The first-order valence-corrected chi connectivity index (χ1v) is 7.53. The normalized spacial score (nSPS) is 10.5. The van der Waals surface area contributed by atoms with E-state index in [1.807, 2.05) is 38.1 Å². The van der Waals surface area contributed by atoms with Crippen molar-refractivity contribution in [1.82, 2.24) is 0 Å². The SMILES string of the molecule is CC(C)Oc1ccccc1-c1cc(=O)c2cc(C(=O)O)ccc2o1.[Na+]. The van der Waals surface area contributed by atoms with Crippen LogP contribution >= 0.6 is 0 Å². The molecule has 0 radical (unpaired) electrons. The Balaban J connectivity index is 0.00000225. The second-order valence-electron chi connectivity index (χ2n) is 5.65. The topological polar surface area (TPSA) is 76.7 Å². The monoisotopic (exact) mass is 347 g/mol. The number of hydrogen-bond donors (Lipinski definition) is 1. The van der Waals surface area contributed by atoms with Gasteiger partial charge < -0.3 is 14.3 Å². The molecule has 0 atom stereocenters. The van der Waals surface area contributed by atoms with E-state index in [9.17, 15) is 9.59 Å². The minimum Gasteiger partial charge on any atom is -0.490 e. The summed E-state index contributed by atoms with van der Waals surface area (Å²) in [6.45, 7) is 3.83. The van der Waals surface area contributed by atoms with Gasteiger partial charge in [0.2, 0.25) is 0 Å². The Bertz CT molecular complexity index is 975. The predicted molar refractivity (Wildman–Crippen MR) is 90.6 cm³/mol. The number of hydrogen-bond acceptors (Lipinski definition) is 4.